The van der Waals surface area contributed by atoms with Crippen molar-refractivity contribution in [2.45, 2.75) is 19.3 Å². The predicted octanol–water partition coefficient (Wildman–Crippen LogP) is 4.94. The van der Waals surface area contributed by atoms with E-state index < -0.39 is 7.37 Å². The highest BCUT2D eigenvalue weighted by Crippen LogP contribution is 2.40. The van der Waals surface area contributed by atoms with Crippen LogP contribution in [-0.4, -0.2) is 20.4 Å². The van der Waals surface area contributed by atoms with Crippen molar-refractivity contribution in [1.82, 2.24) is 0 Å². The number of rotatable bonds is 5. The van der Waals surface area contributed by atoms with Crippen LogP contribution in [0.4, 0.5) is 0 Å². The zero-order valence-electron chi connectivity index (χ0n) is 13.8. The van der Waals surface area contributed by atoms with Gasteiger partial charge in [-0.15, -0.1) is 0 Å². The van der Waals surface area contributed by atoms with Crippen LogP contribution < -0.4 is 9.26 Å². The topological polar surface area (TPSA) is 35.5 Å². The molecule has 0 aliphatic rings. The minimum atomic E-state index is -2.52. The van der Waals surface area contributed by atoms with E-state index in [1.54, 1.807) is 20.4 Å². The summed E-state index contributed by atoms with van der Waals surface area (Å²) < 4.78 is 22.4. The highest BCUT2D eigenvalue weighted by Gasteiger charge is 2.23. The molecule has 0 N–H and O–H groups in total. The molecule has 0 radical (unpaired) electrons. The van der Waals surface area contributed by atoms with E-state index in [0.717, 1.165) is 5.75 Å². The van der Waals surface area contributed by atoms with Gasteiger partial charge in [-0.2, -0.15) is 0 Å². The molecule has 0 fully saturated rings. The Morgan fingerprint density at radius 2 is 1.23 bits per heavy atom. The predicted molar refractivity (Wildman–Crippen MR) is 91.6 cm³/mol. The Kier molecular flexibility index (Phi) is 4.67. The largest absolute Gasteiger partial charge is 0.497 e. The Morgan fingerprint density at radius 1 is 0.818 bits per heavy atom. The average Bonchev–Trinajstić information content (AvgIpc) is 2.46. The summed E-state index contributed by atoms with van der Waals surface area (Å²) in [6, 6.07) is 15.9. The second kappa shape index (κ2) is 6.18. The number of hydrogen-bond acceptors (Lipinski definition) is 3. The van der Waals surface area contributed by atoms with E-state index in [9.17, 15) is 4.57 Å². The molecule has 4 heteroatoms. The van der Waals surface area contributed by atoms with Gasteiger partial charge in [-0.05, 0) is 35.4 Å². The van der Waals surface area contributed by atoms with Gasteiger partial charge in [0.05, 0.1) is 7.11 Å². The van der Waals surface area contributed by atoms with E-state index in [4.69, 9.17) is 9.26 Å². The summed E-state index contributed by atoms with van der Waals surface area (Å²) >= 11 is 0. The van der Waals surface area contributed by atoms with Gasteiger partial charge in [0, 0.05) is 18.7 Å². The van der Waals surface area contributed by atoms with Crippen molar-refractivity contribution in [1.29, 1.82) is 0 Å². The van der Waals surface area contributed by atoms with Gasteiger partial charge in [0.15, 0.2) is 0 Å². The van der Waals surface area contributed by atoms with E-state index in [2.05, 4.69) is 26.0 Å². The fraction of sp³-hybridized carbons (Fsp3) is 0.333. The van der Waals surface area contributed by atoms with Crippen LogP contribution >= 0.6 is 7.37 Å². The standard InChI is InChI=1S/C18H23O3P/c1-18(2,14-6-10-16(20-3)11-7-14)15-8-12-17(13-9-15)21-22(4,5)19/h6-13H,1-5H3. The lowest BCUT2D eigenvalue weighted by Gasteiger charge is -2.26. The van der Waals surface area contributed by atoms with Gasteiger partial charge in [-0.3, -0.25) is 4.57 Å². The molecule has 22 heavy (non-hydrogen) atoms. The van der Waals surface area contributed by atoms with E-state index in [1.807, 2.05) is 36.4 Å². The third kappa shape index (κ3) is 3.92. The molecule has 3 nitrogen and oxygen atoms in total. The molecule has 0 saturated heterocycles. The van der Waals surface area contributed by atoms with Crippen molar-refractivity contribution >= 4 is 7.37 Å². The second-order valence-corrected chi connectivity index (χ2v) is 8.91. The van der Waals surface area contributed by atoms with E-state index >= 15 is 0 Å². The van der Waals surface area contributed by atoms with Gasteiger partial charge < -0.3 is 9.26 Å². The summed E-state index contributed by atoms with van der Waals surface area (Å²) in [5.41, 5.74) is 2.25. The minimum Gasteiger partial charge on any atom is -0.497 e. The molecule has 0 aliphatic carbocycles. The van der Waals surface area contributed by atoms with Gasteiger partial charge in [-0.25, -0.2) is 0 Å². The maximum absolute atomic E-state index is 11.7. The normalized spacial score (nSPS) is 12.0. The molecule has 2 rings (SSSR count). The molecule has 0 unspecified atom stereocenters. The third-order valence-electron chi connectivity index (χ3n) is 3.71. The van der Waals surface area contributed by atoms with Crippen LogP contribution in [0.25, 0.3) is 0 Å². The Morgan fingerprint density at radius 3 is 1.59 bits per heavy atom. The molecular formula is C18H23O3P. The molecule has 2 aromatic carbocycles. The summed E-state index contributed by atoms with van der Waals surface area (Å²) in [6.45, 7) is 7.58. The van der Waals surface area contributed by atoms with Gasteiger partial charge in [0.2, 0.25) is 7.37 Å². The average molecular weight is 318 g/mol. The van der Waals surface area contributed by atoms with Crippen LogP contribution in [0, 0.1) is 0 Å². The van der Waals surface area contributed by atoms with Gasteiger partial charge in [-0.1, -0.05) is 38.1 Å². The van der Waals surface area contributed by atoms with E-state index in [-0.39, 0.29) is 5.41 Å². The van der Waals surface area contributed by atoms with Crippen LogP contribution in [0.3, 0.4) is 0 Å². The zero-order chi connectivity index (χ0) is 16.4. The van der Waals surface area contributed by atoms with Crippen LogP contribution in [0.15, 0.2) is 48.5 Å². The molecule has 2 aromatic rings. The van der Waals surface area contributed by atoms with E-state index in [0.29, 0.717) is 5.75 Å². The van der Waals surface area contributed by atoms with Crippen LogP contribution in [0.1, 0.15) is 25.0 Å². The van der Waals surface area contributed by atoms with Crippen LogP contribution in [0.2, 0.25) is 0 Å². The molecule has 0 heterocycles. The lowest BCUT2D eigenvalue weighted by Crippen LogP contribution is -2.18. The highest BCUT2D eigenvalue weighted by molar-refractivity contribution is 7.57. The Labute approximate surface area is 132 Å². The summed E-state index contributed by atoms with van der Waals surface area (Å²) in [4.78, 5) is 0. The lowest BCUT2D eigenvalue weighted by atomic mass is 9.78. The summed E-state index contributed by atoms with van der Waals surface area (Å²) in [6.07, 6.45) is 0. The molecule has 0 saturated carbocycles. The first-order valence-corrected chi connectivity index (χ1v) is 9.74. The number of hydrogen-bond donors (Lipinski definition) is 0. The fourth-order valence-corrected chi connectivity index (χ4v) is 2.99. The summed E-state index contributed by atoms with van der Waals surface area (Å²) in [7, 11) is -0.859. The Bertz CT molecular complexity index is 666. The van der Waals surface area contributed by atoms with Crippen LogP contribution in [0.5, 0.6) is 11.5 Å². The van der Waals surface area contributed by atoms with Gasteiger partial charge in [0.25, 0.3) is 0 Å². The van der Waals surface area contributed by atoms with E-state index in [1.165, 1.54) is 11.1 Å². The second-order valence-electron chi connectivity index (χ2n) is 6.22. The van der Waals surface area contributed by atoms with Crippen molar-refractivity contribution in [2.24, 2.45) is 0 Å². The number of benzene rings is 2. The smallest absolute Gasteiger partial charge is 0.242 e. The summed E-state index contributed by atoms with van der Waals surface area (Å²) in [5.74, 6) is 1.49. The SMILES string of the molecule is COc1ccc(C(C)(C)c2ccc(OP(C)(C)=O)cc2)cc1. The first-order chi connectivity index (χ1) is 10.2. The Balaban J connectivity index is 2.26. The minimum absolute atomic E-state index is 0.132. The monoisotopic (exact) mass is 318 g/mol. The first kappa shape index (κ1) is 16.6. The first-order valence-electron chi connectivity index (χ1n) is 7.22. The molecule has 0 atom stereocenters. The van der Waals surface area contributed by atoms with Gasteiger partial charge >= 0.3 is 0 Å². The van der Waals surface area contributed by atoms with Crippen molar-refractivity contribution in [2.75, 3.05) is 20.4 Å². The Hall–Kier alpha value is -1.73. The molecular weight excluding hydrogens is 295 g/mol. The number of methoxy groups -OCH3 is 1. The third-order valence-corrected chi connectivity index (χ3v) is 4.36. The highest BCUT2D eigenvalue weighted by atomic mass is 31.2. The zero-order valence-corrected chi connectivity index (χ0v) is 14.7. The maximum atomic E-state index is 11.7. The lowest BCUT2D eigenvalue weighted by molar-refractivity contribution is 0.414. The van der Waals surface area contributed by atoms with Crippen molar-refractivity contribution in [3.63, 3.8) is 0 Å². The van der Waals surface area contributed by atoms with Crippen molar-refractivity contribution in [3.05, 3.63) is 59.7 Å². The molecule has 0 aliphatic heterocycles. The van der Waals surface area contributed by atoms with Crippen molar-refractivity contribution < 1.29 is 13.8 Å². The van der Waals surface area contributed by atoms with Gasteiger partial charge in [0.1, 0.15) is 11.5 Å². The number of ether oxygens (including phenoxy) is 1. The maximum Gasteiger partial charge on any atom is 0.242 e. The fourth-order valence-electron chi connectivity index (χ4n) is 2.36. The van der Waals surface area contributed by atoms with Crippen LogP contribution in [-0.2, 0) is 9.98 Å². The molecule has 0 bridgehead atoms. The summed E-state index contributed by atoms with van der Waals surface area (Å²) in [5, 5.41) is 0. The molecule has 118 valence electrons. The molecule has 0 spiro atoms. The quantitative estimate of drug-likeness (QED) is 0.733. The molecule has 0 aromatic heterocycles. The molecule has 0 amide bonds. The van der Waals surface area contributed by atoms with Crippen molar-refractivity contribution in [3.8, 4) is 11.5 Å².